The van der Waals surface area contributed by atoms with Crippen molar-refractivity contribution in [3.05, 3.63) is 0 Å². The van der Waals surface area contributed by atoms with Gasteiger partial charge in [0.25, 0.3) is 0 Å². The van der Waals surface area contributed by atoms with E-state index < -0.39 is 5.38 Å². The maximum atomic E-state index is 12.1. The molecule has 0 aromatic rings. The molecule has 4 aliphatic carbocycles. The lowest BCUT2D eigenvalue weighted by Gasteiger charge is -2.62. The summed E-state index contributed by atoms with van der Waals surface area (Å²) in [7, 11) is 1.40. The Balaban J connectivity index is 1.60. The number of carbonyl (C=O) groups excluding carboxylic acids is 2. The highest BCUT2D eigenvalue weighted by molar-refractivity contribution is 6.29. The van der Waals surface area contributed by atoms with Gasteiger partial charge in [0.15, 0.2) is 0 Å². The number of esters is 2. The van der Waals surface area contributed by atoms with Crippen LogP contribution in [-0.4, -0.2) is 41.7 Å². The van der Waals surface area contributed by atoms with Gasteiger partial charge in [0.05, 0.1) is 13.2 Å². The van der Waals surface area contributed by atoms with Crippen LogP contribution in [0, 0.1) is 46.3 Å². The van der Waals surface area contributed by atoms with Gasteiger partial charge in [0, 0.05) is 12.8 Å². The van der Waals surface area contributed by atoms with Gasteiger partial charge in [0.2, 0.25) is 0 Å². The fourth-order valence-corrected chi connectivity index (χ4v) is 9.57. The van der Waals surface area contributed by atoms with Gasteiger partial charge >= 0.3 is 11.9 Å². The van der Waals surface area contributed by atoms with Gasteiger partial charge in [-0.3, -0.25) is 9.59 Å². The molecule has 4 aliphatic rings. The topological polar surface area (TPSA) is 72.8 Å². The van der Waals surface area contributed by atoms with Crippen molar-refractivity contribution < 1.29 is 24.2 Å². The van der Waals surface area contributed by atoms with Crippen LogP contribution >= 0.6 is 11.6 Å². The van der Waals surface area contributed by atoms with Gasteiger partial charge in [-0.05, 0) is 98.2 Å². The standard InChI is InChI=1S/C27H43ClO5/c1-15(12-22(28)25(31)32-5)19-6-7-20-24-21(9-11-27(19,20)4)26(3)10-8-18(30)13-17(26)14-23(24)33-16(2)29/h15,17-24,30H,6-14H2,1-5H3/t15-,17?,18-,19?,20?,21?,22?,23+,24?,26+,27-/m1/s1. The number of halogens is 1. The van der Waals surface area contributed by atoms with E-state index in [4.69, 9.17) is 21.1 Å². The largest absolute Gasteiger partial charge is 0.468 e. The molecule has 6 unspecified atom stereocenters. The third kappa shape index (κ3) is 4.35. The van der Waals surface area contributed by atoms with Crippen molar-refractivity contribution in [2.45, 2.75) is 103 Å². The molecule has 0 bridgehead atoms. The molecule has 4 saturated carbocycles. The van der Waals surface area contributed by atoms with Gasteiger partial charge in [-0.2, -0.15) is 0 Å². The van der Waals surface area contributed by atoms with Crippen LogP contribution in [0.5, 0.6) is 0 Å². The van der Waals surface area contributed by atoms with Crippen LogP contribution in [0.25, 0.3) is 0 Å². The number of fused-ring (bicyclic) bond motifs is 5. The maximum Gasteiger partial charge on any atom is 0.323 e. The van der Waals surface area contributed by atoms with Gasteiger partial charge in [-0.1, -0.05) is 20.8 Å². The van der Waals surface area contributed by atoms with Gasteiger partial charge in [-0.25, -0.2) is 0 Å². The monoisotopic (exact) mass is 482 g/mol. The summed E-state index contributed by atoms with van der Waals surface area (Å²) >= 11 is 6.37. The van der Waals surface area contributed by atoms with E-state index in [2.05, 4.69) is 20.8 Å². The smallest absolute Gasteiger partial charge is 0.323 e. The molecule has 0 heterocycles. The SMILES string of the molecule is COC(=O)C(Cl)C[C@@H](C)C1CCC2C3C(CC[C@@]21C)[C@@]1(C)CC[C@@H](O)CC1C[C@@H]3OC(C)=O. The number of aliphatic hydroxyl groups is 1. The van der Waals surface area contributed by atoms with Crippen molar-refractivity contribution >= 4 is 23.5 Å². The number of aliphatic hydroxyl groups excluding tert-OH is 1. The van der Waals surface area contributed by atoms with E-state index in [1.807, 2.05) is 0 Å². The minimum Gasteiger partial charge on any atom is -0.468 e. The molecule has 0 aromatic carbocycles. The molecule has 6 heteroatoms. The lowest BCUT2D eigenvalue weighted by atomic mass is 9.43. The molecule has 0 saturated heterocycles. The van der Waals surface area contributed by atoms with Crippen molar-refractivity contribution in [1.82, 2.24) is 0 Å². The molecule has 11 atom stereocenters. The summed E-state index contributed by atoms with van der Waals surface area (Å²) in [5.41, 5.74) is 0.390. The van der Waals surface area contributed by atoms with E-state index in [0.717, 1.165) is 44.9 Å². The Morgan fingerprint density at radius 3 is 2.39 bits per heavy atom. The third-order valence-corrected chi connectivity index (χ3v) is 11.1. The Labute approximate surface area is 204 Å². The zero-order chi connectivity index (χ0) is 24.1. The zero-order valence-electron chi connectivity index (χ0n) is 21.0. The molecule has 5 nitrogen and oxygen atoms in total. The number of methoxy groups -OCH3 is 1. The zero-order valence-corrected chi connectivity index (χ0v) is 21.8. The predicted octanol–water partition coefficient (Wildman–Crippen LogP) is 5.35. The Kier molecular flexibility index (Phi) is 7.15. The third-order valence-electron chi connectivity index (χ3n) is 10.7. The molecular weight excluding hydrogens is 440 g/mol. The number of hydrogen-bond acceptors (Lipinski definition) is 5. The van der Waals surface area contributed by atoms with Crippen molar-refractivity contribution in [2.24, 2.45) is 46.3 Å². The Hall–Kier alpha value is -0.810. The molecule has 0 radical (unpaired) electrons. The van der Waals surface area contributed by atoms with Crippen molar-refractivity contribution in [2.75, 3.05) is 7.11 Å². The summed E-state index contributed by atoms with van der Waals surface area (Å²) < 4.78 is 10.9. The fourth-order valence-electron chi connectivity index (χ4n) is 9.20. The molecule has 0 spiro atoms. The molecule has 0 aliphatic heterocycles. The second-order valence-electron chi connectivity index (χ2n) is 12.2. The summed E-state index contributed by atoms with van der Waals surface area (Å²) in [6.45, 7) is 8.69. The predicted molar refractivity (Wildman–Crippen MR) is 128 cm³/mol. The molecule has 33 heavy (non-hydrogen) atoms. The second-order valence-corrected chi connectivity index (χ2v) is 12.8. The Morgan fingerprint density at radius 1 is 1.06 bits per heavy atom. The number of alkyl halides is 1. The first-order valence-corrected chi connectivity index (χ1v) is 13.5. The molecular formula is C27H43ClO5. The summed E-state index contributed by atoms with van der Waals surface area (Å²) in [6.07, 6.45) is 8.67. The van der Waals surface area contributed by atoms with E-state index in [1.165, 1.54) is 20.5 Å². The van der Waals surface area contributed by atoms with Crippen LogP contribution in [-0.2, 0) is 19.1 Å². The highest BCUT2D eigenvalue weighted by atomic mass is 35.5. The normalized spacial score (nSPS) is 46.3. The number of hydrogen-bond donors (Lipinski definition) is 1. The van der Waals surface area contributed by atoms with Gasteiger partial charge in [-0.15, -0.1) is 11.6 Å². The lowest BCUT2D eigenvalue weighted by Crippen LogP contribution is -2.59. The number of carbonyl (C=O) groups is 2. The van der Waals surface area contributed by atoms with Crippen molar-refractivity contribution in [1.29, 1.82) is 0 Å². The quantitative estimate of drug-likeness (QED) is 0.422. The summed E-state index contributed by atoms with van der Waals surface area (Å²) in [6, 6.07) is 0. The molecule has 4 fully saturated rings. The van der Waals surface area contributed by atoms with Crippen LogP contribution in [0.15, 0.2) is 0 Å². The Bertz CT molecular complexity index is 757. The molecule has 188 valence electrons. The van der Waals surface area contributed by atoms with E-state index in [0.29, 0.717) is 41.9 Å². The average molecular weight is 483 g/mol. The van der Waals surface area contributed by atoms with Crippen LogP contribution in [0.3, 0.4) is 0 Å². The van der Waals surface area contributed by atoms with Crippen molar-refractivity contribution in [3.8, 4) is 0 Å². The Morgan fingerprint density at radius 2 is 1.73 bits per heavy atom. The molecule has 0 amide bonds. The summed E-state index contributed by atoms with van der Waals surface area (Å²) in [4.78, 5) is 24.0. The average Bonchev–Trinajstić information content (AvgIpc) is 3.11. The molecule has 4 rings (SSSR count). The van der Waals surface area contributed by atoms with Crippen LogP contribution in [0.1, 0.15) is 85.5 Å². The first-order chi connectivity index (χ1) is 15.5. The highest BCUT2D eigenvalue weighted by Gasteiger charge is 2.63. The molecule has 1 N–H and O–H groups in total. The number of rotatable bonds is 5. The van der Waals surface area contributed by atoms with Gasteiger partial charge in [0.1, 0.15) is 11.5 Å². The second kappa shape index (κ2) is 9.33. The fraction of sp³-hybridized carbons (Fsp3) is 0.926. The lowest BCUT2D eigenvalue weighted by molar-refractivity contribution is -0.194. The van der Waals surface area contributed by atoms with Gasteiger partial charge < -0.3 is 14.6 Å². The van der Waals surface area contributed by atoms with Crippen LogP contribution in [0.4, 0.5) is 0 Å². The number of ether oxygens (including phenoxy) is 2. The molecule has 0 aromatic heterocycles. The summed E-state index contributed by atoms with van der Waals surface area (Å²) in [5.74, 6) is 2.18. The van der Waals surface area contributed by atoms with E-state index in [1.54, 1.807) is 0 Å². The maximum absolute atomic E-state index is 12.1. The van der Waals surface area contributed by atoms with E-state index in [-0.39, 0.29) is 35.0 Å². The summed E-state index contributed by atoms with van der Waals surface area (Å²) in [5, 5.41) is 9.79. The minimum atomic E-state index is -0.596. The van der Waals surface area contributed by atoms with Crippen molar-refractivity contribution in [3.63, 3.8) is 0 Å². The van der Waals surface area contributed by atoms with Crippen LogP contribution < -0.4 is 0 Å². The minimum absolute atomic E-state index is 0.0506. The van der Waals surface area contributed by atoms with E-state index in [9.17, 15) is 14.7 Å². The first kappa shape index (κ1) is 25.3. The van der Waals surface area contributed by atoms with E-state index >= 15 is 0 Å². The highest BCUT2D eigenvalue weighted by Crippen LogP contribution is 2.68. The first-order valence-electron chi connectivity index (χ1n) is 13.1. The van der Waals surface area contributed by atoms with Crippen LogP contribution in [0.2, 0.25) is 0 Å².